The zero-order valence-electron chi connectivity index (χ0n) is 14.4. The normalized spacial score (nSPS) is 11.1. The van der Waals surface area contributed by atoms with Crippen molar-refractivity contribution >= 4 is 16.6 Å². The van der Waals surface area contributed by atoms with Gasteiger partial charge in [0, 0.05) is 23.9 Å². The molecule has 0 aliphatic carbocycles. The van der Waals surface area contributed by atoms with E-state index in [1.165, 1.54) is 5.56 Å². The monoisotopic (exact) mass is 320 g/mol. The molecule has 2 aromatic carbocycles. The predicted octanol–water partition coefficient (Wildman–Crippen LogP) is 3.87. The summed E-state index contributed by atoms with van der Waals surface area (Å²) in [7, 11) is 2.16. The van der Waals surface area contributed by atoms with Gasteiger partial charge in [-0.05, 0) is 32.5 Å². The molecule has 1 heterocycles. The smallest absolute Gasteiger partial charge is 0.156 e. The lowest BCUT2D eigenvalue weighted by Crippen LogP contribution is -2.21. The minimum atomic E-state index is 0.877. The fraction of sp³-hybridized carbons (Fsp3) is 0.300. The van der Waals surface area contributed by atoms with E-state index in [0.717, 1.165) is 48.3 Å². The molecule has 4 nitrogen and oxygen atoms in total. The van der Waals surface area contributed by atoms with Gasteiger partial charge in [-0.2, -0.15) is 5.10 Å². The lowest BCUT2D eigenvalue weighted by Gasteiger charge is -2.17. The maximum absolute atomic E-state index is 4.32. The molecule has 124 valence electrons. The van der Waals surface area contributed by atoms with Gasteiger partial charge in [0.05, 0.1) is 5.69 Å². The standard InChI is InChI=1S/C20H24N4/c1-16-18-11-6-7-12-19(18)20(23-22-16)21-13-8-14-24(2)15-17-9-4-3-5-10-17/h3-7,9-12H,8,13-15H2,1-2H3,(H,21,23). The first kappa shape index (κ1) is 16.4. The molecule has 0 bridgehead atoms. The Kier molecular flexibility index (Phi) is 5.39. The Morgan fingerprint density at radius 3 is 2.42 bits per heavy atom. The number of benzene rings is 2. The van der Waals surface area contributed by atoms with Crippen LogP contribution in [0.3, 0.4) is 0 Å². The maximum Gasteiger partial charge on any atom is 0.156 e. The van der Waals surface area contributed by atoms with E-state index in [-0.39, 0.29) is 0 Å². The fourth-order valence-electron chi connectivity index (χ4n) is 2.90. The van der Waals surface area contributed by atoms with Crippen molar-refractivity contribution in [2.45, 2.75) is 19.9 Å². The first-order valence-corrected chi connectivity index (χ1v) is 8.42. The summed E-state index contributed by atoms with van der Waals surface area (Å²) >= 11 is 0. The van der Waals surface area contributed by atoms with E-state index in [1.807, 2.05) is 19.1 Å². The van der Waals surface area contributed by atoms with Gasteiger partial charge >= 0.3 is 0 Å². The van der Waals surface area contributed by atoms with Gasteiger partial charge in [0.1, 0.15) is 0 Å². The van der Waals surface area contributed by atoms with Crippen LogP contribution in [0.2, 0.25) is 0 Å². The maximum atomic E-state index is 4.32. The topological polar surface area (TPSA) is 41.1 Å². The highest BCUT2D eigenvalue weighted by Crippen LogP contribution is 2.22. The molecule has 1 N–H and O–H groups in total. The lowest BCUT2D eigenvalue weighted by molar-refractivity contribution is 0.325. The highest BCUT2D eigenvalue weighted by molar-refractivity contribution is 5.92. The first-order valence-electron chi connectivity index (χ1n) is 8.42. The number of rotatable bonds is 7. The molecule has 4 heteroatoms. The summed E-state index contributed by atoms with van der Waals surface area (Å²) in [5.41, 5.74) is 2.32. The van der Waals surface area contributed by atoms with Crippen LogP contribution in [0, 0.1) is 6.92 Å². The predicted molar refractivity (Wildman–Crippen MR) is 100 cm³/mol. The third kappa shape index (κ3) is 4.09. The van der Waals surface area contributed by atoms with Crippen LogP contribution in [0.1, 0.15) is 17.7 Å². The number of nitrogens with zero attached hydrogens (tertiary/aromatic N) is 3. The van der Waals surface area contributed by atoms with Crippen molar-refractivity contribution < 1.29 is 0 Å². The average molecular weight is 320 g/mol. The van der Waals surface area contributed by atoms with E-state index >= 15 is 0 Å². The summed E-state index contributed by atoms with van der Waals surface area (Å²) in [4.78, 5) is 2.34. The van der Waals surface area contributed by atoms with Crippen LogP contribution >= 0.6 is 0 Å². The van der Waals surface area contributed by atoms with Crippen molar-refractivity contribution in [1.29, 1.82) is 0 Å². The second-order valence-electron chi connectivity index (χ2n) is 6.18. The number of aromatic nitrogens is 2. The van der Waals surface area contributed by atoms with Gasteiger partial charge in [-0.3, -0.25) is 0 Å². The second-order valence-corrected chi connectivity index (χ2v) is 6.18. The largest absolute Gasteiger partial charge is 0.368 e. The van der Waals surface area contributed by atoms with Crippen molar-refractivity contribution in [2.24, 2.45) is 0 Å². The molecule has 0 fully saturated rings. The van der Waals surface area contributed by atoms with Gasteiger partial charge in [0.25, 0.3) is 0 Å². The first-order chi connectivity index (χ1) is 11.7. The zero-order valence-corrected chi connectivity index (χ0v) is 14.4. The van der Waals surface area contributed by atoms with Crippen LogP contribution in [0.15, 0.2) is 54.6 Å². The van der Waals surface area contributed by atoms with Crippen LogP contribution in [0.4, 0.5) is 5.82 Å². The summed E-state index contributed by atoms with van der Waals surface area (Å²) in [6.45, 7) is 4.91. The molecule has 0 amide bonds. The molecule has 0 radical (unpaired) electrons. The molecule has 24 heavy (non-hydrogen) atoms. The molecule has 0 atom stereocenters. The van der Waals surface area contributed by atoms with Crippen LogP contribution < -0.4 is 5.32 Å². The molecule has 0 saturated heterocycles. The van der Waals surface area contributed by atoms with Gasteiger partial charge in [0.2, 0.25) is 0 Å². The van der Waals surface area contributed by atoms with E-state index < -0.39 is 0 Å². The Hall–Kier alpha value is -2.46. The molecule has 0 spiro atoms. The van der Waals surface area contributed by atoms with Crippen molar-refractivity contribution in [3.8, 4) is 0 Å². The van der Waals surface area contributed by atoms with Crippen LogP contribution in [-0.2, 0) is 6.54 Å². The Bertz CT molecular complexity index is 786. The third-order valence-electron chi connectivity index (χ3n) is 4.18. The summed E-state index contributed by atoms with van der Waals surface area (Å²) in [5, 5.41) is 14.3. The highest BCUT2D eigenvalue weighted by atomic mass is 15.2. The number of hydrogen-bond donors (Lipinski definition) is 1. The molecule has 1 aromatic heterocycles. The number of aryl methyl sites for hydroxylation is 1. The van der Waals surface area contributed by atoms with E-state index in [0.29, 0.717) is 0 Å². The Labute approximate surface area is 143 Å². The quantitative estimate of drug-likeness (QED) is 0.671. The van der Waals surface area contributed by atoms with E-state index in [4.69, 9.17) is 0 Å². The number of anilines is 1. The van der Waals surface area contributed by atoms with Crippen LogP contribution in [0.25, 0.3) is 10.8 Å². The molecule has 3 rings (SSSR count). The summed E-state index contributed by atoms with van der Waals surface area (Å²) in [6, 6.07) is 18.9. The number of nitrogens with one attached hydrogen (secondary N) is 1. The van der Waals surface area contributed by atoms with Gasteiger partial charge in [-0.15, -0.1) is 5.10 Å². The van der Waals surface area contributed by atoms with Crippen molar-refractivity contribution in [2.75, 3.05) is 25.5 Å². The van der Waals surface area contributed by atoms with E-state index in [9.17, 15) is 0 Å². The second kappa shape index (κ2) is 7.88. The van der Waals surface area contributed by atoms with E-state index in [2.05, 4.69) is 69.9 Å². The molecule has 0 aliphatic heterocycles. The molecule has 0 saturated carbocycles. The van der Waals surface area contributed by atoms with Gasteiger partial charge in [0.15, 0.2) is 5.82 Å². The van der Waals surface area contributed by atoms with Gasteiger partial charge in [-0.1, -0.05) is 54.6 Å². The summed E-state index contributed by atoms with van der Waals surface area (Å²) < 4.78 is 0. The minimum Gasteiger partial charge on any atom is -0.368 e. The average Bonchev–Trinajstić information content (AvgIpc) is 2.61. The molecule has 0 unspecified atom stereocenters. The highest BCUT2D eigenvalue weighted by Gasteiger charge is 2.06. The van der Waals surface area contributed by atoms with Crippen LogP contribution in [0.5, 0.6) is 0 Å². The SMILES string of the molecule is Cc1nnc(NCCCN(C)Cc2ccccc2)c2ccccc12. The fourth-order valence-corrected chi connectivity index (χ4v) is 2.90. The van der Waals surface area contributed by atoms with Crippen molar-refractivity contribution in [3.05, 3.63) is 65.9 Å². The molecule has 0 aliphatic rings. The van der Waals surface area contributed by atoms with Crippen molar-refractivity contribution in [1.82, 2.24) is 15.1 Å². The molecular formula is C20H24N4. The minimum absolute atomic E-state index is 0.877. The summed E-state index contributed by atoms with van der Waals surface area (Å²) in [5.74, 6) is 0.877. The third-order valence-corrected chi connectivity index (χ3v) is 4.18. The van der Waals surface area contributed by atoms with E-state index in [1.54, 1.807) is 0 Å². The number of fused-ring (bicyclic) bond motifs is 1. The van der Waals surface area contributed by atoms with Crippen molar-refractivity contribution in [3.63, 3.8) is 0 Å². The van der Waals surface area contributed by atoms with Gasteiger partial charge in [-0.25, -0.2) is 0 Å². The zero-order chi connectivity index (χ0) is 16.8. The Balaban J connectivity index is 1.51. The van der Waals surface area contributed by atoms with Crippen LogP contribution in [-0.4, -0.2) is 35.2 Å². The Morgan fingerprint density at radius 2 is 1.62 bits per heavy atom. The number of hydrogen-bond acceptors (Lipinski definition) is 4. The lowest BCUT2D eigenvalue weighted by atomic mass is 10.1. The Morgan fingerprint density at radius 1 is 0.917 bits per heavy atom. The molecular weight excluding hydrogens is 296 g/mol. The summed E-state index contributed by atoms with van der Waals surface area (Å²) in [6.07, 6.45) is 1.06. The molecule has 3 aromatic rings. The van der Waals surface area contributed by atoms with Gasteiger partial charge < -0.3 is 10.2 Å².